The maximum atomic E-state index is 12.9. The number of rotatable bonds is 6. The van der Waals surface area contributed by atoms with E-state index >= 15 is 0 Å². The summed E-state index contributed by atoms with van der Waals surface area (Å²) < 4.78 is 5.08. The van der Waals surface area contributed by atoms with E-state index in [1.54, 1.807) is 24.3 Å². The van der Waals surface area contributed by atoms with Crippen molar-refractivity contribution in [3.63, 3.8) is 0 Å². The largest absolute Gasteiger partial charge is 0.462 e. The molecule has 156 valence electrons. The minimum Gasteiger partial charge on any atom is -0.462 e. The first kappa shape index (κ1) is 19.0. The third-order valence-corrected chi connectivity index (χ3v) is 6.90. The fourth-order valence-corrected chi connectivity index (χ4v) is 5.49. The Bertz CT molecular complexity index is 917. The van der Waals surface area contributed by atoms with Crippen LogP contribution in [0.1, 0.15) is 30.1 Å². The van der Waals surface area contributed by atoms with Crippen molar-refractivity contribution < 1.29 is 23.9 Å². The number of nitrogens with zero attached hydrogens (tertiary/aromatic N) is 1. The molecule has 0 radical (unpaired) electrons. The summed E-state index contributed by atoms with van der Waals surface area (Å²) in [5, 5.41) is 2.70. The highest BCUT2D eigenvalue weighted by molar-refractivity contribution is 6.09. The van der Waals surface area contributed by atoms with Gasteiger partial charge in [0.1, 0.15) is 6.54 Å². The van der Waals surface area contributed by atoms with Crippen LogP contribution in [0.25, 0.3) is 0 Å². The van der Waals surface area contributed by atoms with Gasteiger partial charge in [0.15, 0.2) is 0 Å². The normalized spacial score (nSPS) is 32.6. The summed E-state index contributed by atoms with van der Waals surface area (Å²) in [5.74, 6) is -0.477. The monoisotopic (exact) mass is 408 g/mol. The molecule has 3 amide bonds. The molecule has 2 saturated carbocycles. The average molecular weight is 408 g/mol. The summed E-state index contributed by atoms with van der Waals surface area (Å²) in [5.41, 5.74) is 0.892. The Morgan fingerprint density at radius 1 is 1.03 bits per heavy atom. The van der Waals surface area contributed by atoms with Crippen LogP contribution in [0.4, 0.5) is 5.69 Å². The zero-order chi connectivity index (χ0) is 21.0. The van der Waals surface area contributed by atoms with Crippen LogP contribution < -0.4 is 5.32 Å². The summed E-state index contributed by atoms with van der Waals surface area (Å²) in [4.78, 5) is 51.4. The minimum absolute atomic E-state index is 0.148. The van der Waals surface area contributed by atoms with E-state index in [9.17, 15) is 19.2 Å². The Labute approximate surface area is 174 Å². The van der Waals surface area contributed by atoms with Crippen molar-refractivity contribution in [2.45, 2.75) is 19.8 Å². The molecule has 1 aromatic rings. The van der Waals surface area contributed by atoms with Crippen LogP contribution in [0.3, 0.4) is 0 Å². The van der Waals surface area contributed by atoms with Gasteiger partial charge in [0.2, 0.25) is 17.7 Å². The first-order valence-electron chi connectivity index (χ1n) is 10.6. The zero-order valence-electron chi connectivity index (χ0n) is 16.7. The Morgan fingerprint density at radius 3 is 2.20 bits per heavy atom. The highest BCUT2D eigenvalue weighted by Crippen LogP contribution is 2.65. The van der Waals surface area contributed by atoms with E-state index in [-0.39, 0.29) is 42.0 Å². The number of hydrogen-bond acceptors (Lipinski definition) is 5. The van der Waals surface area contributed by atoms with Gasteiger partial charge in [-0.3, -0.25) is 19.3 Å². The first-order chi connectivity index (χ1) is 14.5. The van der Waals surface area contributed by atoms with E-state index < -0.39 is 11.9 Å². The maximum Gasteiger partial charge on any atom is 0.338 e. The number of amides is 3. The number of benzene rings is 1. The second-order valence-electron chi connectivity index (χ2n) is 8.68. The predicted octanol–water partition coefficient (Wildman–Crippen LogP) is 2.25. The van der Waals surface area contributed by atoms with Crippen LogP contribution in [-0.2, 0) is 19.1 Å². The molecule has 30 heavy (non-hydrogen) atoms. The number of imide groups is 1. The van der Waals surface area contributed by atoms with Crippen molar-refractivity contribution in [3.05, 3.63) is 42.0 Å². The van der Waals surface area contributed by atoms with Crippen LogP contribution in [0.5, 0.6) is 0 Å². The third-order valence-electron chi connectivity index (χ3n) is 6.90. The Kier molecular flexibility index (Phi) is 4.49. The molecule has 7 nitrogen and oxygen atoms in total. The molecule has 7 heteroatoms. The lowest BCUT2D eigenvalue weighted by Crippen LogP contribution is -2.40. The molecule has 1 saturated heterocycles. The van der Waals surface area contributed by atoms with Gasteiger partial charge in [-0.15, -0.1) is 0 Å². The van der Waals surface area contributed by atoms with Crippen LogP contribution in [0.2, 0.25) is 0 Å². The minimum atomic E-state index is -0.429. The number of esters is 1. The van der Waals surface area contributed by atoms with E-state index in [1.807, 2.05) is 6.92 Å². The third kappa shape index (κ3) is 2.95. The lowest BCUT2D eigenvalue weighted by molar-refractivity contribution is -0.142. The Balaban J connectivity index is 1.22. The SMILES string of the molecule is CCCOC(=O)c1ccc(NC(=O)CN2C(=O)[C@@H]3[C@H]4C=C[C@H]([C@H]5C[C@H]45)[C@@H]3C2=O)cc1. The van der Waals surface area contributed by atoms with Crippen molar-refractivity contribution in [2.24, 2.45) is 35.5 Å². The first-order valence-corrected chi connectivity index (χ1v) is 10.6. The van der Waals surface area contributed by atoms with Crippen LogP contribution in [0.15, 0.2) is 36.4 Å². The molecule has 6 rings (SSSR count). The molecule has 0 spiro atoms. The van der Waals surface area contributed by atoms with E-state index in [1.165, 1.54) is 0 Å². The van der Waals surface area contributed by atoms with Crippen LogP contribution >= 0.6 is 0 Å². The molecule has 1 heterocycles. The maximum absolute atomic E-state index is 12.9. The second-order valence-corrected chi connectivity index (χ2v) is 8.68. The summed E-state index contributed by atoms with van der Waals surface area (Å²) >= 11 is 0. The molecular weight excluding hydrogens is 384 g/mol. The van der Waals surface area contributed by atoms with Crippen LogP contribution in [-0.4, -0.2) is 41.7 Å². The van der Waals surface area contributed by atoms with Gasteiger partial charge >= 0.3 is 5.97 Å². The Morgan fingerprint density at radius 2 is 1.63 bits per heavy atom. The molecule has 3 fully saturated rings. The van der Waals surface area contributed by atoms with Crippen molar-refractivity contribution in [3.8, 4) is 0 Å². The van der Waals surface area contributed by atoms with E-state index in [4.69, 9.17) is 4.74 Å². The molecule has 1 aromatic carbocycles. The lowest BCUT2D eigenvalue weighted by atomic mass is 9.63. The smallest absolute Gasteiger partial charge is 0.338 e. The van der Waals surface area contributed by atoms with Gasteiger partial charge in [-0.05, 0) is 60.8 Å². The molecule has 0 aromatic heterocycles. The van der Waals surface area contributed by atoms with Gasteiger partial charge in [-0.25, -0.2) is 4.79 Å². The molecule has 1 aliphatic heterocycles. The molecule has 4 aliphatic carbocycles. The fraction of sp³-hybridized carbons (Fsp3) is 0.478. The van der Waals surface area contributed by atoms with E-state index in [0.717, 1.165) is 17.7 Å². The summed E-state index contributed by atoms with van der Waals surface area (Å²) in [6, 6.07) is 6.35. The fourth-order valence-electron chi connectivity index (χ4n) is 5.49. The van der Waals surface area contributed by atoms with E-state index in [2.05, 4.69) is 17.5 Å². The summed E-state index contributed by atoms with van der Waals surface area (Å²) in [6.07, 6.45) is 6.08. The predicted molar refractivity (Wildman–Crippen MR) is 107 cm³/mol. The van der Waals surface area contributed by atoms with Gasteiger partial charge in [0.25, 0.3) is 0 Å². The number of anilines is 1. The average Bonchev–Trinajstić information content (AvgIpc) is 3.53. The van der Waals surface area contributed by atoms with Gasteiger partial charge in [-0.2, -0.15) is 0 Å². The topological polar surface area (TPSA) is 92.8 Å². The van der Waals surface area contributed by atoms with Crippen molar-refractivity contribution in [1.29, 1.82) is 0 Å². The number of nitrogens with one attached hydrogen (secondary N) is 1. The van der Waals surface area contributed by atoms with Gasteiger partial charge in [0, 0.05) is 5.69 Å². The number of carbonyl (C=O) groups is 4. The van der Waals surface area contributed by atoms with Crippen molar-refractivity contribution in [2.75, 3.05) is 18.5 Å². The number of allylic oxidation sites excluding steroid dienone is 2. The van der Waals surface area contributed by atoms with Crippen LogP contribution in [0, 0.1) is 35.5 Å². The standard InChI is InChI=1S/C23H24N2O5/c1-2-9-30-23(29)12-3-5-13(6-4-12)24-18(26)11-25-21(27)19-14-7-8-15(17-10-16(14)17)20(19)22(25)28/h3-8,14-17,19-20H,2,9-11H2,1H3,(H,24,26)/t14-,15+,16-,17-,19+,20-/m1/s1. The summed E-state index contributed by atoms with van der Waals surface area (Å²) in [6.45, 7) is 2.00. The highest BCUT2D eigenvalue weighted by atomic mass is 16.5. The highest BCUT2D eigenvalue weighted by Gasteiger charge is 2.67. The molecule has 6 atom stereocenters. The molecule has 2 bridgehead atoms. The molecule has 5 aliphatic rings. The Hall–Kier alpha value is -2.96. The molecule has 1 N–H and O–H groups in total. The van der Waals surface area contributed by atoms with Crippen molar-refractivity contribution >= 4 is 29.4 Å². The van der Waals surface area contributed by atoms with Gasteiger partial charge in [-0.1, -0.05) is 19.1 Å². The number of hydrogen-bond donors (Lipinski definition) is 1. The quantitative estimate of drug-likeness (QED) is 0.443. The number of ether oxygens (including phenoxy) is 1. The lowest BCUT2D eigenvalue weighted by Gasteiger charge is -2.37. The molecule has 0 unspecified atom stereocenters. The number of likely N-dealkylation sites (tertiary alicyclic amines) is 1. The second kappa shape index (κ2) is 7.07. The van der Waals surface area contributed by atoms with Gasteiger partial charge < -0.3 is 10.1 Å². The van der Waals surface area contributed by atoms with E-state index in [0.29, 0.717) is 29.7 Å². The van der Waals surface area contributed by atoms with Crippen molar-refractivity contribution in [1.82, 2.24) is 4.90 Å². The summed E-state index contributed by atoms with van der Waals surface area (Å²) in [7, 11) is 0. The van der Waals surface area contributed by atoms with Gasteiger partial charge in [0.05, 0.1) is 24.0 Å². The molecular formula is C23H24N2O5. The number of carbonyl (C=O) groups excluding carboxylic acids is 4. The zero-order valence-corrected chi connectivity index (χ0v) is 16.7.